The van der Waals surface area contributed by atoms with E-state index in [0.29, 0.717) is 17.1 Å². The summed E-state index contributed by atoms with van der Waals surface area (Å²) in [5.41, 5.74) is 3.22. The van der Waals surface area contributed by atoms with E-state index >= 15 is 0 Å². The number of carbonyl (C=O) groups excluding carboxylic acids is 1. The molecule has 0 saturated heterocycles. The lowest BCUT2D eigenvalue weighted by molar-refractivity contribution is 0.0984. The van der Waals surface area contributed by atoms with E-state index in [1.165, 1.54) is 12.1 Å². The molecule has 2 aromatic rings. The summed E-state index contributed by atoms with van der Waals surface area (Å²) in [6.07, 6.45) is 1.71. The highest BCUT2D eigenvalue weighted by Gasteiger charge is 2.26. The Morgan fingerprint density at radius 1 is 1.22 bits per heavy atom. The number of anilines is 1. The molecule has 1 N–H and O–H groups in total. The topological polar surface area (TPSA) is 66.5 Å². The number of nitrogens with one attached hydrogen (secondary N) is 1. The SMILES string of the molecule is Cc1cc(Cl)cc2c1N(C(=O)c1cccc(S(=O)(=O)NC(C)C)c1)CCC2. The van der Waals surface area contributed by atoms with Gasteiger partial charge < -0.3 is 4.90 Å². The van der Waals surface area contributed by atoms with Crippen LogP contribution in [0.5, 0.6) is 0 Å². The second-order valence-corrected chi connectivity index (χ2v) is 9.24. The minimum atomic E-state index is -3.66. The number of benzene rings is 2. The van der Waals surface area contributed by atoms with Crippen molar-refractivity contribution < 1.29 is 13.2 Å². The van der Waals surface area contributed by atoms with Gasteiger partial charge in [0.05, 0.1) is 10.6 Å². The molecule has 144 valence electrons. The normalized spacial score (nSPS) is 14.3. The van der Waals surface area contributed by atoms with E-state index in [1.54, 1.807) is 30.9 Å². The Bertz CT molecular complexity index is 987. The fourth-order valence-corrected chi connectivity index (χ4v) is 5.05. The maximum atomic E-state index is 13.2. The van der Waals surface area contributed by atoms with Crippen LogP contribution in [0.25, 0.3) is 0 Å². The first-order chi connectivity index (χ1) is 12.7. The summed E-state index contributed by atoms with van der Waals surface area (Å²) in [6, 6.07) is 9.70. The molecule has 0 bridgehead atoms. The van der Waals surface area contributed by atoms with Gasteiger partial charge in [-0.2, -0.15) is 0 Å². The highest BCUT2D eigenvalue weighted by molar-refractivity contribution is 7.89. The highest BCUT2D eigenvalue weighted by atomic mass is 35.5. The second kappa shape index (κ2) is 7.62. The molecule has 0 aromatic heterocycles. The van der Waals surface area contributed by atoms with Gasteiger partial charge in [0.1, 0.15) is 0 Å². The predicted molar refractivity (Wildman–Crippen MR) is 108 cm³/mol. The molecule has 0 saturated carbocycles. The number of hydrogen-bond acceptors (Lipinski definition) is 3. The monoisotopic (exact) mass is 406 g/mol. The molecule has 0 unspecified atom stereocenters. The summed E-state index contributed by atoms with van der Waals surface area (Å²) in [5, 5.41) is 0.661. The first-order valence-corrected chi connectivity index (χ1v) is 10.8. The van der Waals surface area contributed by atoms with E-state index in [1.807, 2.05) is 19.1 Å². The van der Waals surface area contributed by atoms with Gasteiger partial charge in [-0.15, -0.1) is 0 Å². The quantitative estimate of drug-likeness (QED) is 0.836. The van der Waals surface area contributed by atoms with Crippen LogP contribution in [0.2, 0.25) is 5.02 Å². The average Bonchev–Trinajstić information content (AvgIpc) is 2.59. The lowest BCUT2D eigenvalue weighted by Gasteiger charge is -2.31. The molecule has 27 heavy (non-hydrogen) atoms. The third kappa shape index (κ3) is 4.18. The van der Waals surface area contributed by atoms with Crippen LogP contribution in [0.4, 0.5) is 5.69 Å². The van der Waals surface area contributed by atoms with Gasteiger partial charge in [-0.3, -0.25) is 4.79 Å². The number of fused-ring (bicyclic) bond motifs is 1. The standard InChI is InChI=1S/C20H23ClN2O3S/c1-13(2)22-27(25,26)18-8-4-6-16(12-18)20(24)23-9-5-7-15-11-17(21)10-14(3)19(15)23/h4,6,8,10-13,22H,5,7,9H2,1-3H3. The van der Waals surface area contributed by atoms with Crippen molar-refractivity contribution in [1.29, 1.82) is 0 Å². The molecule has 0 radical (unpaired) electrons. The maximum absolute atomic E-state index is 13.2. The lowest BCUT2D eigenvalue weighted by Crippen LogP contribution is -2.36. The van der Waals surface area contributed by atoms with E-state index in [2.05, 4.69) is 4.72 Å². The first kappa shape index (κ1) is 19.9. The molecule has 1 aliphatic rings. The van der Waals surface area contributed by atoms with Gasteiger partial charge in [0.25, 0.3) is 5.91 Å². The van der Waals surface area contributed by atoms with Crippen molar-refractivity contribution in [3.05, 3.63) is 58.1 Å². The summed E-state index contributed by atoms with van der Waals surface area (Å²) in [6.45, 7) is 6.04. The highest BCUT2D eigenvalue weighted by Crippen LogP contribution is 2.34. The number of carbonyl (C=O) groups is 1. The third-order valence-corrected chi connectivity index (χ3v) is 6.34. The Hall–Kier alpha value is -1.89. The Kier molecular flexibility index (Phi) is 5.60. The third-order valence-electron chi connectivity index (χ3n) is 4.47. The Morgan fingerprint density at radius 2 is 1.96 bits per heavy atom. The van der Waals surface area contributed by atoms with Crippen LogP contribution in [0.3, 0.4) is 0 Å². The van der Waals surface area contributed by atoms with Crippen LogP contribution >= 0.6 is 11.6 Å². The van der Waals surface area contributed by atoms with Gasteiger partial charge in [-0.25, -0.2) is 13.1 Å². The summed E-state index contributed by atoms with van der Waals surface area (Å²) < 4.78 is 27.4. The van der Waals surface area contributed by atoms with Crippen molar-refractivity contribution in [3.8, 4) is 0 Å². The van der Waals surface area contributed by atoms with Crippen molar-refractivity contribution in [2.45, 2.75) is 44.6 Å². The van der Waals surface area contributed by atoms with E-state index in [0.717, 1.165) is 29.7 Å². The molecule has 0 atom stereocenters. The predicted octanol–water partition coefficient (Wildman–Crippen LogP) is 3.93. The summed E-state index contributed by atoms with van der Waals surface area (Å²) in [7, 11) is -3.66. The summed E-state index contributed by atoms with van der Waals surface area (Å²) in [4.78, 5) is 15.0. The molecule has 0 aliphatic carbocycles. The van der Waals surface area contributed by atoms with Crippen LogP contribution in [0.1, 0.15) is 41.8 Å². The molecule has 1 heterocycles. The number of nitrogens with zero attached hydrogens (tertiary/aromatic N) is 1. The number of aryl methyl sites for hydroxylation is 2. The van der Waals surface area contributed by atoms with Gasteiger partial charge in [0.15, 0.2) is 0 Å². The van der Waals surface area contributed by atoms with Gasteiger partial charge in [-0.05, 0) is 75.1 Å². The molecule has 3 rings (SSSR count). The Balaban J connectivity index is 1.98. The van der Waals surface area contributed by atoms with Crippen LogP contribution in [0.15, 0.2) is 41.3 Å². The van der Waals surface area contributed by atoms with Crippen LogP contribution in [-0.4, -0.2) is 26.9 Å². The van der Waals surface area contributed by atoms with Crippen molar-refractivity contribution in [2.75, 3.05) is 11.4 Å². The minimum absolute atomic E-state index is 0.0899. The van der Waals surface area contributed by atoms with Crippen molar-refractivity contribution in [2.24, 2.45) is 0 Å². The molecule has 2 aromatic carbocycles. The van der Waals surface area contributed by atoms with E-state index < -0.39 is 10.0 Å². The molecule has 1 amide bonds. The average molecular weight is 407 g/mol. The molecule has 0 fully saturated rings. The van der Waals surface area contributed by atoms with Gasteiger partial charge in [0, 0.05) is 23.2 Å². The molecule has 1 aliphatic heterocycles. The second-order valence-electron chi connectivity index (χ2n) is 7.09. The Morgan fingerprint density at radius 3 is 2.67 bits per heavy atom. The van der Waals surface area contributed by atoms with Crippen molar-refractivity contribution in [1.82, 2.24) is 4.72 Å². The molecule has 7 heteroatoms. The van der Waals surface area contributed by atoms with Crippen molar-refractivity contribution >= 4 is 33.2 Å². The van der Waals surface area contributed by atoms with Crippen molar-refractivity contribution in [3.63, 3.8) is 0 Å². The number of amides is 1. The van der Waals surface area contributed by atoms with Gasteiger partial charge >= 0.3 is 0 Å². The lowest BCUT2D eigenvalue weighted by atomic mass is 9.97. The smallest absolute Gasteiger partial charge is 0.258 e. The minimum Gasteiger partial charge on any atom is -0.308 e. The van der Waals surface area contributed by atoms with Crippen LogP contribution < -0.4 is 9.62 Å². The first-order valence-electron chi connectivity index (χ1n) is 8.92. The molecular weight excluding hydrogens is 384 g/mol. The number of hydrogen-bond donors (Lipinski definition) is 1. The number of rotatable bonds is 4. The largest absolute Gasteiger partial charge is 0.308 e. The summed E-state index contributed by atoms with van der Waals surface area (Å²) >= 11 is 6.16. The zero-order chi connectivity index (χ0) is 19.8. The Labute approximate surface area is 165 Å². The molecule has 5 nitrogen and oxygen atoms in total. The van der Waals surface area contributed by atoms with E-state index in [-0.39, 0.29) is 16.8 Å². The zero-order valence-corrected chi connectivity index (χ0v) is 17.2. The molecule has 0 spiro atoms. The van der Waals surface area contributed by atoms with E-state index in [9.17, 15) is 13.2 Å². The van der Waals surface area contributed by atoms with Gasteiger partial charge in [-0.1, -0.05) is 17.7 Å². The van der Waals surface area contributed by atoms with E-state index in [4.69, 9.17) is 11.6 Å². The number of sulfonamides is 1. The maximum Gasteiger partial charge on any atom is 0.258 e. The van der Waals surface area contributed by atoms with Crippen LogP contribution in [0, 0.1) is 6.92 Å². The summed E-state index contributed by atoms with van der Waals surface area (Å²) in [5.74, 6) is -0.206. The van der Waals surface area contributed by atoms with Crippen LogP contribution in [-0.2, 0) is 16.4 Å². The number of halogens is 1. The fraction of sp³-hybridized carbons (Fsp3) is 0.350. The molecular formula is C20H23ClN2O3S. The fourth-order valence-electron chi connectivity index (χ4n) is 3.45. The van der Waals surface area contributed by atoms with Gasteiger partial charge in [0.2, 0.25) is 10.0 Å². The zero-order valence-electron chi connectivity index (χ0n) is 15.6.